The first-order chi connectivity index (χ1) is 9.16. The fourth-order valence-corrected chi connectivity index (χ4v) is 1.67. The van der Waals surface area contributed by atoms with Gasteiger partial charge in [-0.25, -0.2) is 0 Å². The fourth-order valence-electron chi connectivity index (χ4n) is 1.67. The molecule has 0 atom stereocenters. The number of nitrogens with zero attached hydrogens (tertiary/aromatic N) is 1. The minimum Gasteiger partial charge on any atom is -0.382 e. The number of methoxy groups -OCH3 is 1. The van der Waals surface area contributed by atoms with E-state index in [9.17, 15) is 10.1 Å². The molecule has 0 aromatic heterocycles. The molecule has 0 bridgehead atoms. The van der Waals surface area contributed by atoms with Gasteiger partial charge in [0.1, 0.15) is 5.69 Å². The Bertz CT molecular complexity index is 410. The molecule has 0 heterocycles. The van der Waals surface area contributed by atoms with Crippen LogP contribution in [0.3, 0.4) is 0 Å². The van der Waals surface area contributed by atoms with E-state index < -0.39 is 0 Å². The van der Waals surface area contributed by atoms with E-state index >= 15 is 0 Å². The van der Waals surface area contributed by atoms with Gasteiger partial charge in [0.25, 0.3) is 5.69 Å². The Labute approximate surface area is 112 Å². The predicted molar refractivity (Wildman–Crippen MR) is 73.6 cm³/mol. The highest BCUT2D eigenvalue weighted by Crippen LogP contribution is 2.27. The first kappa shape index (κ1) is 15.4. The summed E-state index contributed by atoms with van der Waals surface area (Å²) in [5.74, 6) is 0. The van der Waals surface area contributed by atoms with Crippen molar-refractivity contribution in [3.63, 3.8) is 0 Å². The molecule has 0 spiro atoms. The van der Waals surface area contributed by atoms with Crippen molar-refractivity contribution < 1.29 is 14.4 Å². The average molecular weight is 268 g/mol. The molecule has 0 aliphatic rings. The maximum absolute atomic E-state index is 10.9. The van der Waals surface area contributed by atoms with Crippen molar-refractivity contribution in [1.29, 1.82) is 0 Å². The molecule has 0 radical (unpaired) electrons. The Morgan fingerprint density at radius 2 is 2.11 bits per heavy atom. The quantitative estimate of drug-likeness (QED) is 0.423. The summed E-state index contributed by atoms with van der Waals surface area (Å²) in [5, 5.41) is 14.0. The monoisotopic (exact) mass is 268 g/mol. The van der Waals surface area contributed by atoms with Gasteiger partial charge in [0.05, 0.1) is 18.1 Å². The zero-order valence-corrected chi connectivity index (χ0v) is 11.3. The van der Waals surface area contributed by atoms with Gasteiger partial charge in [-0.1, -0.05) is 12.1 Å². The van der Waals surface area contributed by atoms with Gasteiger partial charge >= 0.3 is 0 Å². The van der Waals surface area contributed by atoms with Crippen LogP contribution in [0.5, 0.6) is 0 Å². The normalized spacial score (nSPS) is 10.4. The number of rotatable bonds is 9. The van der Waals surface area contributed by atoms with Gasteiger partial charge in [0.2, 0.25) is 0 Å². The van der Waals surface area contributed by atoms with Crippen molar-refractivity contribution in [1.82, 2.24) is 0 Å². The Morgan fingerprint density at radius 1 is 1.32 bits per heavy atom. The second kappa shape index (κ2) is 8.44. The average Bonchev–Trinajstić information content (AvgIpc) is 2.39. The lowest BCUT2D eigenvalue weighted by molar-refractivity contribution is -0.384. The first-order valence-corrected chi connectivity index (χ1v) is 6.21. The second-order valence-corrected chi connectivity index (χ2v) is 4.11. The molecule has 1 aromatic carbocycles. The van der Waals surface area contributed by atoms with Gasteiger partial charge in [-0.2, -0.15) is 0 Å². The van der Waals surface area contributed by atoms with Crippen LogP contribution >= 0.6 is 0 Å². The molecule has 0 saturated carbocycles. The van der Waals surface area contributed by atoms with Crippen LogP contribution in [0.25, 0.3) is 0 Å². The van der Waals surface area contributed by atoms with Crippen LogP contribution in [0.1, 0.15) is 12.0 Å². The van der Waals surface area contributed by atoms with E-state index in [0.717, 1.165) is 12.0 Å². The number of nitrogens with one attached hydrogen (secondary N) is 1. The molecular formula is C13H20N2O4. The molecule has 0 amide bonds. The summed E-state index contributed by atoms with van der Waals surface area (Å²) < 4.78 is 10.2. The number of aryl methyl sites for hydroxylation is 1. The molecule has 6 nitrogen and oxygen atoms in total. The van der Waals surface area contributed by atoms with Crippen molar-refractivity contribution in [3.8, 4) is 0 Å². The zero-order chi connectivity index (χ0) is 14.1. The van der Waals surface area contributed by atoms with E-state index in [4.69, 9.17) is 9.47 Å². The Balaban J connectivity index is 2.38. The van der Waals surface area contributed by atoms with Gasteiger partial charge in [0.15, 0.2) is 0 Å². The Hall–Kier alpha value is -1.66. The number of anilines is 1. The standard InChI is InChI=1S/C13H20N2O4/c1-11-5-3-6-12(15(16)17)13(11)14-7-4-8-19-10-9-18-2/h3,5-6,14H,4,7-10H2,1-2H3. The number of nitro benzene ring substituents is 1. The third-order valence-electron chi connectivity index (χ3n) is 2.65. The van der Waals surface area contributed by atoms with Crippen LogP contribution in [0.2, 0.25) is 0 Å². The van der Waals surface area contributed by atoms with E-state index in [1.54, 1.807) is 13.2 Å². The summed E-state index contributed by atoms with van der Waals surface area (Å²) in [5.41, 5.74) is 1.57. The van der Waals surface area contributed by atoms with Crippen LogP contribution in [0.4, 0.5) is 11.4 Å². The van der Waals surface area contributed by atoms with E-state index in [0.29, 0.717) is 32.1 Å². The lowest BCUT2D eigenvalue weighted by atomic mass is 10.1. The SMILES string of the molecule is COCCOCCCNc1c(C)cccc1[N+](=O)[O-]. The molecule has 1 aromatic rings. The van der Waals surface area contributed by atoms with Gasteiger partial charge in [-0.3, -0.25) is 10.1 Å². The summed E-state index contributed by atoms with van der Waals surface area (Å²) in [7, 11) is 1.63. The van der Waals surface area contributed by atoms with Crippen LogP contribution in [-0.4, -0.2) is 38.4 Å². The molecule has 1 N–H and O–H groups in total. The summed E-state index contributed by atoms with van der Waals surface area (Å²) in [6.45, 7) is 4.25. The molecule has 0 aliphatic carbocycles. The Morgan fingerprint density at radius 3 is 2.79 bits per heavy atom. The highest BCUT2D eigenvalue weighted by atomic mass is 16.6. The highest BCUT2D eigenvalue weighted by molar-refractivity contribution is 5.65. The van der Waals surface area contributed by atoms with Crippen molar-refractivity contribution in [2.24, 2.45) is 0 Å². The molecule has 0 saturated heterocycles. The zero-order valence-electron chi connectivity index (χ0n) is 11.3. The summed E-state index contributed by atoms with van der Waals surface area (Å²) in [6.07, 6.45) is 0.787. The summed E-state index contributed by atoms with van der Waals surface area (Å²) in [4.78, 5) is 10.5. The lowest BCUT2D eigenvalue weighted by Crippen LogP contribution is -2.10. The molecular weight excluding hydrogens is 248 g/mol. The molecule has 0 unspecified atom stereocenters. The fraction of sp³-hybridized carbons (Fsp3) is 0.538. The van der Waals surface area contributed by atoms with Crippen LogP contribution in [0, 0.1) is 17.0 Å². The van der Waals surface area contributed by atoms with Crippen molar-refractivity contribution in [2.75, 3.05) is 38.8 Å². The van der Waals surface area contributed by atoms with Gasteiger partial charge in [-0.15, -0.1) is 0 Å². The second-order valence-electron chi connectivity index (χ2n) is 4.11. The van der Waals surface area contributed by atoms with Crippen LogP contribution in [0.15, 0.2) is 18.2 Å². The van der Waals surface area contributed by atoms with Crippen molar-refractivity contribution in [2.45, 2.75) is 13.3 Å². The summed E-state index contributed by atoms with van der Waals surface area (Å²) in [6, 6.07) is 5.04. The predicted octanol–water partition coefficient (Wildman–Crippen LogP) is 2.37. The van der Waals surface area contributed by atoms with Gasteiger partial charge < -0.3 is 14.8 Å². The molecule has 0 aliphatic heterocycles. The lowest BCUT2D eigenvalue weighted by Gasteiger charge is -2.10. The number of nitro groups is 1. The smallest absolute Gasteiger partial charge is 0.292 e. The number of para-hydroxylation sites is 1. The first-order valence-electron chi connectivity index (χ1n) is 6.21. The van der Waals surface area contributed by atoms with E-state index in [1.807, 2.05) is 13.0 Å². The third-order valence-corrected chi connectivity index (χ3v) is 2.65. The van der Waals surface area contributed by atoms with E-state index in [1.165, 1.54) is 6.07 Å². The third kappa shape index (κ3) is 5.23. The minimum absolute atomic E-state index is 0.111. The molecule has 19 heavy (non-hydrogen) atoms. The van der Waals surface area contributed by atoms with E-state index in [-0.39, 0.29) is 10.6 Å². The van der Waals surface area contributed by atoms with Crippen molar-refractivity contribution in [3.05, 3.63) is 33.9 Å². The molecule has 6 heteroatoms. The van der Waals surface area contributed by atoms with Crippen molar-refractivity contribution >= 4 is 11.4 Å². The number of ether oxygens (including phenoxy) is 2. The summed E-state index contributed by atoms with van der Waals surface area (Å²) >= 11 is 0. The van der Waals surface area contributed by atoms with Crippen LogP contribution < -0.4 is 5.32 Å². The number of benzene rings is 1. The molecule has 106 valence electrons. The highest BCUT2D eigenvalue weighted by Gasteiger charge is 2.14. The number of hydrogen-bond acceptors (Lipinski definition) is 5. The topological polar surface area (TPSA) is 73.6 Å². The minimum atomic E-state index is -0.371. The van der Waals surface area contributed by atoms with Gasteiger partial charge in [0, 0.05) is 26.3 Å². The largest absolute Gasteiger partial charge is 0.382 e. The Kier molecular flexibility index (Phi) is 6.84. The van der Waals surface area contributed by atoms with Gasteiger partial charge in [-0.05, 0) is 18.9 Å². The maximum Gasteiger partial charge on any atom is 0.292 e. The number of hydrogen-bond donors (Lipinski definition) is 1. The van der Waals surface area contributed by atoms with Crippen LogP contribution in [-0.2, 0) is 9.47 Å². The molecule has 0 fully saturated rings. The van der Waals surface area contributed by atoms with E-state index in [2.05, 4.69) is 5.32 Å². The molecule has 1 rings (SSSR count). The maximum atomic E-state index is 10.9.